The Morgan fingerprint density at radius 3 is 2.73 bits per heavy atom. The Bertz CT molecular complexity index is 862. The van der Waals surface area contributed by atoms with Gasteiger partial charge in [-0.15, -0.1) is 0 Å². The molecule has 2 rings (SSSR count). The molecular formula is C18H22N4O4. The van der Waals surface area contributed by atoms with Crippen LogP contribution in [0.25, 0.3) is 0 Å². The van der Waals surface area contributed by atoms with Crippen LogP contribution >= 0.6 is 0 Å². The van der Waals surface area contributed by atoms with Gasteiger partial charge >= 0.3 is 0 Å². The first-order chi connectivity index (χ1) is 12.3. The van der Waals surface area contributed by atoms with E-state index in [0.717, 1.165) is 12.8 Å². The lowest BCUT2D eigenvalue weighted by Gasteiger charge is -2.25. The normalized spacial score (nSPS) is 11.8. The summed E-state index contributed by atoms with van der Waals surface area (Å²) < 4.78 is 1.29. The number of aromatic nitrogens is 2. The molecule has 0 fully saturated rings. The van der Waals surface area contributed by atoms with Crippen molar-refractivity contribution >= 4 is 11.6 Å². The Kier molecular flexibility index (Phi) is 6.21. The monoisotopic (exact) mass is 358 g/mol. The Balaban J connectivity index is 2.24. The predicted molar refractivity (Wildman–Crippen MR) is 97.0 cm³/mol. The molecule has 0 aliphatic rings. The molecular weight excluding hydrogens is 336 g/mol. The molecule has 1 heterocycles. The van der Waals surface area contributed by atoms with Crippen molar-refractivity contribution in [1.82, 2.24) is 14.7 Å². The molecule has 2 aromatic rings. The van der Waals surface area contributed by atoms with E-state index in [0.29, 0.717) is 12.1 Å². The number of nitrogens with zero attached hydrogens (tertiary/aromatic N) is 4. The second-order valence-corrected chi connectivity index (χ2v) is 6.08. The van der Waals surface area contributed by atoms with Crippen molar-refractivity contribution in [2.45, 2.75) is 39.3 Å². The number of nitro groups is 1. The van der Waals surface area contributed by atoms with Crippen molar-refractivity contribution in [2.24, 2.45) is 0 Å². The highest BCUT2D eigenvalue weighted by Crippen LogP contribution is 2.23. The van der Waals surface area contributed by atoms with E-state index in [4.69, 9.17) is 0 Å². The zero-order valence-corrected chi connectivity index (χ0v) is 15.1. The quantitative estimate of drug-likeness (QED) is 0.560. The van der Waals surface area contributed by atoms with E-state index in [1.165, 1.54) is 33.8 Å². The highest BCUT2D eigenvalue weighted by atomic mass is 16.6. The van der Waals surface area contributed by atoms with E-state index in [1.807, 2.05) is 6.92 Å². The van der Waals surface area contributed by atoms with Crippen molar-refractivity contribution in [1.29, 1.82) is 0 Å². The maximum Gasteiger partial charge on any atom is 0.274 e. The maximum atomic E-state index is 12.7. The largest absolute Gasteiger partial charge is 0.334 e. The van der Waals surface area contributed by atoms with Gasteiger partial charge in [0.05, 0.1) is 11.0 Å². The summed E-state index contributed by atoms with van der Waals surface area (Å²) in [4.78, 5) is 36.5. The topological polar surface area (TPSA) is 98.3 Å². The van der Waals surface area contributed by atoms with Gasteiger partial charge in [0, 0.05) is 31.8 Å². The molecule has 0 bridgehead atoms. The van der Waals surface area contributed by atoms with Gasteiger partial charge in [-0.3, -0.25) is 19.7 Å². The molecule has 0 aliphatic carbocycles. The molecule has 1 amide bonds. The van der Waals surface area contributed by atoms with Crippen molar-refractivity contribution < 1.29 is 9.72 Å². The highest BCUT2D eigenvalue weighted by Gasteiger charge is 2.22. The second kappa shape index (κ2) is 8.37. The SMILES string of the molecule is CCCCn1nc(C(=O)N(C)C(C)c2cccc([N+](=O)[O-])c2)ccc1=O. The lowest BCUT2D eigenvalue weighted by atomic mass is 10.1. The average Bonchev–Trinajstić information content (AvgIpc) is 2.65. The number of hydrogen-bond acceptors (Lipinski definition) is 5. The number of amides is 1. The molecule has 0 saturated carbocycles. The average molecular weight is 358 g/mol. The van der Waals surface area contributed by atoms with Crippen LogP contribution in [0.1, 0.15) is 48.8 Å². The number of unbranched alkanes of at least 4 members (excludes halogenated alkanes) is 1. The molecule has 0 aliphatic heterocycles. The molecule has 0 radical (unpaired) electrons. The Morgan fingerprint density at radius 1 is 1.35 bits per heavy atom. The molecule has 1 aromatic carbocycles. The number of nitro benzene ring substituents is 1. The number of carbonyl (C=O) groups excluding carboxylic acids is 1. The molecule has 8 heteroatoms. The summed E-state index contributed by atoms with van der Waals surface area (Å²) in [6, 6.07) is 8.53. The molecule has 1 unspecified atom stereocenters. The number of non-ortho nitro benzene ring substituents is 1. The summed E-state index contributed by atoms with van der Waals surface area (Å²) >= 11 is 0. The van der Waals surface area contributed by atoms with Gasteiger partial charge in [0.2, 0.25) is 0 Å². The Hall–Kier alpha value is -3.03. The minimum atomic E-state index is -0.469. The molecule has 0 N–H and O–H groups in total. The second-order valence-electron chi connectivity index (χ2n) is 6.08. The standard InChI is InChI=1S/C18H22N4O4/c1-4-5-11-21-17(23)10-9-16(19-21)18(24)20(3)13(2)14-7-6-8-15(12-14)22(25)26/h6-10,12-13H,4-5,11H2,1-3H3. The maximum absolute atomic E-state index is 12.7. The molecule has 138 valence electrons. The molecule has 8 nitrogen and oxygen atoms in total. The third-order valence-electron chi connectivity index (χ3n) is 4.27. The van der Waals surface area contributed by atoms with Crippen LogP contribution in [0.5, 0.6) is 0 Å². The van der Waals surface area contributed by atoms with Crippen LogP contribution in [0.3, 0.4) is 0 Å². The van der Waals surface area contributed by atoms with E-state index >= 15 is 0 Å². The first kappa shape index (κ1) is 19.3. The van der Waals surface area contributed by atoms with Crippen molar-refractivity contribution in [3.63, 3.8) is 0 Å². The summed E-state index contributed by atoms with van der Waals surface area (Å²) in [6.07, 6.45) is 1.71. The van der Waals surface area contributed by atoms with E-state index in [9.17, 15) is 19.7 Å². The lowest BCUT2D eigenvalue weighted by Crippen LogP contribution is -2.33. The third-order valence-corrected chi connectivity index (χ3v) is 4.27. The number of hydrogen-bond donors (Lipinski definition) is 0. The van der Waals surface area contributed by atoms with Gasteiger partial charge in [-0.1, -0.05) is 25.5 Å². The minimum Gasteiger partial charge on any atom is -0.334 e. The Labute approximate surface area is 151 Å². The van der Waals surface area contributed by atoms with Crippen molar-refractivity contribution in [2.75, 3.05) is 7.05 Å². The van der Waals surface area contributed by atoms with E-state index in [2.05, 4.69) is 5.10 Å². The summed E-state index contributed by atoms with van der Waals surface area (Å²) in [6.45, 7) is 4.25. The van der Waals surface area contributed by atoms with Crippen molar-refractivity contribution in [3.05, 3.63) is 68.1 Å². The van der Waals surface area contributed by atoms with Crippen molar-refractivity contribution in [3.8, 4) is 0 Å². The lowest BCUT2D eigenvalue weighted by molar-refractivity contribution is -0.384. The minimum absolute atomic E-state index is 0.0264. The van der Waals surface area contributed by atoms with Gasteiger partial charge in [0.25, 0.3) is 17.2 Å². The van der Waals surface area contributed by atoms with Gasteiger partial charge in [-0.2, -0.15) is 5.10 Å². The van der Waals surface area contributed by atoms with Gasteiger partial charge in [-0.25, -0.2) is 4.68 Å². The molecule has 0 spiro atoms. The van der Waals surface area contributed by atoms with Crippen LogP contribution in [0, 0.1) is 10.1 Å². The zero-order valence-electron chi connectivity index (χ0n) is 15.1. The number of benzene rings is 1. The van der Waals surface area contributed by atoms with Crippen LogP contribution in [0.4, 0.5) is 5.69 Å². The molecule has 1 atom stereocenters. The molecule has 1 aromatic heterocycles. The number of aryl methyl sites for hydroxylation is 1. The predicted octanol–water partition coefficient (Wildman–Crippen LogP) is 2.78. The number of rotatable bonds is 7. The molecule has 26 heavy (non-hydrogen) atoms. The summed E-state index contributed by atoms with van der Waals surface area (Å²) in [7, 11) is 1.61. The van der Waals surface area contributed by atoms with Crippen LogP contribution in [0.15, 0.2) is 41.2 Å². The molecule has 0 saturated heterocycles. The third kappa shape index (κ3) is 4.33. The highest BCUT2D eigenvalue weighted by molar-refractivity contribution is 5.92. The number of carbonyl (C=O) groups is 1. The van der Waals surface area contributed by atoms with E-state index in [-0.39, 0.29) is 28.9 Å². The fourth-order valence-electron chi connectivity index (χ4n) is 2.51. The fourth-order valence-corrected chi connectivity index (χ4v) is 2.51. The summed E-state index contributed by atoms with van der Waals surface area (Å²) in [5.41, 5.74) is 0.542. The first-order valence-corrected chi connectivity index (χ1v) is 8.44. The van der Waals surface area contributed by atoms with Gasteiger partial charge < -0.3 is 4.90 Å². The van der Waals surface area contributed by atoms with Crippen LogP contribution in [-0.2, 0) is 6.54 Å². The van der Waals surface area contributed by atoms with Crippen LogP contribution in [0.2, 0.25) is 0 Å². The smallest absolute Gasteiger partial charge is 0.274 e. The summed E-state index contributed by atoms with van der Waals surface area (Å²) in [5.74, 6) is -0.353. The van der Waals surface area contributed by atoms with E-state index in [1.54, 1.807) is 26.1 Å². The van der Waals surface area contributed by atoms with Gasteiger partial charge in [0.1, 0.15) is 5.69 Å². The van der Waals surface area contributed by atoms with Crippen LogP contribution < -0.4 is 5.56 Å². The fraction of sp³-hybridized carbons (Fsp3) is 0.389. The van der Waals surface area contributed by atoms with Crippen LogP contribution in [-0.4, -0.2) is 32.6 Å². The van der Waals surface area contributed by atoms with Gasteiger partial charge in [-0.05, 0) is 25.0 Å². The van der Waals surface area contributed by atoms with Gasteiger partial charge in [0.15, 0.2) is 0 Å². The first-order valence-electron chi connectivity index (χ1n) is 8.44. The van der Waals surface area contributed by atoms with E-state index < -0.39 is 4.92 Å². The Morgan fingerprint density at radius 2 is 2.08 bits per heavy atom. The summed E-state index contributed by atoms with van der Waals surface area (Å²) in [5, 5.41) is 15.1. The zero-order chi connectivity index (χ0) is 19.3.